The molecule has 0 bridgehead atoms. The summed E-state index contributed by atoms with van der Waals surface area (Å²) >= 11 is 0. The number of halogens is 1. The van der Waals surface area contributed by atoms with E-state index < -0.39 is 26.7 Å². The molecule has 1 aromatic heterocycles. The Morgan fingerprint density at radius 3 is 2.17 bits per heavy atom. The van der Waals surface area contributed by atoms with Gasteiger partial charge < -0.3 is 14.8 Å². The summed E-state index contributed by atoms with van der Waals surface area (Å²) in [5.74, 6) is -0.168. The van der Waals surface area contributed by atoms with Crippen molar-refractivity contribution in [2.75, 3.05) is 5.32 Å². The summed E-state index contributed by atoms with van der Waals surface area (Å²) in [6.07, 6.45) is 5.27. The molecule has 0 unspecified atom stereocenters. The lowest BCUT2D eigenvalue weighted by Crippen LogP contribution is -2.34. The van der Waals surface area contributed by atoms with E-state index in [0.29, 0.717) is 42.5 Å². The van der Waals surface area contributed by atoms with Crippen LogP contribution in [0.1, 0.15) is 54.5 Å². The first-order valence-corrected chi connectivity index (χ1v) is 11.1. The van der Waals surface area contributed by atoms with Gasteiger partial charge in [0, 0.05) is 17.3 Å². The highest BCUT2D eigenvalue weighted by molar-refractivity contribution is 7.89. The fourth-order valence-corrected chi connectivity index (χ4v) is 4.98. The molecule has 1 aromatic carbocycles. The highest BCUT2D eigenvalue weighted by Crippen LogP contribution is 2.40. The molecule has 1 heterocycles. The summed E-state index contributed by atoms with van der Waals surface area (Å²) in [5, 5.41) is 12.1. The maximum absolute atomic E-state index is 14.7. The predicted octanol–water partition coefficient (Wildman–Crippen LogP) is 3.13. The molecule has 0 fully saturated rings. The van der Waals surface area contributed by atoms with E-state index in [4.69, 9.17) is 4.42 Å². The number of carbonyl (C=O) groups is 1. The van der Waals surface area contributed by atoms with Crippen LogP contribution in [0.2, 0.25) is 0 Å². The van der Waals surface area contributed by atoms with Crippen molar-refractivity contribution in [1.29, 1.82) is 0 Å². The van der Waals surface area contributed by atoms with Crippen LogP contribution in [0.25, 0.3) is 0 Å². The van der Waals surface area contributed by atoms with Crippen LogP contribution in [-0.2, 0) is 41.3 Å². The number of hydrogen-bond acceptors (Lipinski definition) is 5. The average Bonchev–Trinajstić information content (AvgIpc) is 3.37. The van der Waals surface area contributed by atoms with Crippen molar-refractivity contribution in [2.24, 2.45) is 0 Å². The molecule has 3 N–H and O–H groups in total. The number of aliphatic hydroxyl groups is 1. The molecule has 7 nitrogen and oxygen atoms in total. The van der Waals surface area contributed by atoms with Crippen molar-refractivity contribution in [3.8, 4) is 0 Å². The minimum atomic E-state index is -4.27. The lowest BCUT2D eigenvalue weighted by molar-refractivity contribution is 0.0779. The molecule has 2 aromatic rings. The second kappa shape index (κ2) is 6.84. The minimum Gasteiger partial charge on any atom is -0.451 e. The standard InChI is InChI=1S/C20H23FN2O5S/c1-20(2,25)11-9-16(28-10-11)29(26,27)23-19(24)22-18-14-7-3-5-12(14)17(21)13-6-4-8-15(13)18/h9-10,25H,3-8H2,1-2H3,(H2,22,23,24). The summed E-state index contributed by atoms with van der Waals surface area (Å²) in [4.78, 5) is 12.5. The molecule has 2 aliphatic rings. The number of sulfonamides is 1. The van der Waals surface area contributed by atoms with E-state index in [1.165, 1.54) is 19.9 Å². The number of carbonyl (C=O) groups excluding carboxylic acids is 1. The second-order valence-electron chi connectivity index (χ2n) is 8.08. The molecule has 2 aliphatic carbocycles. The molecule has 0 saturated heterocycles. The van der Waals surface area contributed by atoms with E-state index in [9.17, 15) is 22.7 Å². The number of rotatable bonds is 4. The Hall–Kier alpha value is -2.39. The zero-order valence-electron chi connectivity index (χ0n) is 16.3. The van der Waals surface area contributed by atoms with Gasteiger partial charge >= 0.3 is 6.03 Å². The van der Waals surface area contributed by atoms with Gasteiger partial charge in [-0.25, -0.2) is 13.9 Å². The van der Waals surface area contributed by atoms with Gasteiger partial charge in [-0.05, 0) is 74.6 Å². The fourth-order valence-electron chi connectivity index (χ4n) is 4.13. The maximum Gasteiger partial charge on any atom is 0.333 e. The molecular weight excluding hydrogens is 399 g/mol. The summed E-state index contributed by atoms with van der Waals surface area (Å²) in [6, 6.07) is 0.240. The lowest BCUT2D eigenvalue weighted by Gasteiger charge is -2.17. The lowest BCUT2D eigenvalue weighted by atomic mass is 9.98. The number of nitrogens with one attached hydrogen (secondary N) is 2. The first kappa shape index (κ1) is 19.9. The van der Waals surface area contributed by atoms with E-state index in [1.807, 2.05) is 4.72 Å². The molecule has 156 valence electrons. The third kappa shape index (κ3) is 3.53. The number of urea groups is 1. The van der Waals surface area contributed by atoms with Gasteiger partial charge in [0.2, 0.25) is 5.09 Å². The fraction of sp³-hybridized carbons (Fsp3) is 0.450. The summed E-state index contributed by atoms with van der Waals surface area (Å²) < 4.78 is 46.7. The number of furan rings is 1. The van der Waals surface area contributed by atoms with Crippen LogP contribution in [0, 0.1) is 5.82 Å². The summed E-state index contributed by atoms with van der Waals surface area (Å²) in [5.41, 5.74) is 2.31. The van der Waals surface area contributed by atoms with E-state index in [1.54, 1.807) is 0 Å². The van der Waals surface area contributed by atoms with Gasteiger partial charge in [-0.2, -0.15) is 8.42 Å². The Bertz CT molecular complexity index is 1060. The SMILES string of the molecule is CC(C)(O)c1coc(S(=O)(=O)NC(=O)Nc2c3c(c(F)c4c2CCC4)CCC3)c1. The molecule has 2 amide bonds. The first-order valence-electron chi connectivity index (χ1n) is 9.58. The Labute approximate surface area is 168 Å². The van der Waals surface area contributed by atoms with Crippen molar-refractivity contribution in [2.45, 2.75) is 63.1 Å². The van der Waals surface area contributed by atoms with Crippen LogP contribution >= 0.6 is 0 Å². The van der Waals surface area contributed by atoms with Crippen LogP contribution in [0.3, 0.4) is 0 Å². The Morgan fingerprint density at radius 1 is 1.10 bits per heavy atom. The van der Waals surface area contributed by atoms with Gasteiger partial charge in [0.05, 0.1) is 11.9 Å². The molecule has 0 saturated carbocycles. The zero-order chi connectivity index (χ0) is 21.0. The molecule has 0 radical (unpaired) electrons. The Morgan fingerprint density at radius 2 is 1.66 bits per heavy atom. The quantitative estimate of drug-likeness (QED) is 0.701. The van der Waals surface area contributed by atoms with Crippen LogP contribution in [-0.4, -0.2) is 19.6 Å². The third-order valence-electron chi connectivity index (χ3n) is 5.58. The first-order chi connectivity index (χ1) is 13.6. The normalized spacial score (nSPS) is 15.9. The van der Waals surface area contributed by atoms with Crippen LogP contribution in [0.15, 0.2) is 21.8 Å². The largest absolute Gasteiger partial charge is 0.451 e. The van der Waals surface area contributed by atoms with Gasteiger partial charge in [-0.15, -0.1) is 0 Å². The molecule has 9 heteroatoms. The topological polar surface area (TPSA) is 109 Å². The van der Waals surface area contributed by atoms with Crippen molar-refractivity contribution >= 4 is 21.7 Å². The van der Waals surface area contributed by atoms with E-state index >= 15 is 0 Å². The van der Waals surface area contributed by atoms with Crippen LogP contribution in [0.5, 0.6) is 0 Å². The van der Waals surface area contributed by atoms with Crippen LogP contribution < -0.4 is 10.0 Å². The average molecular weight is 422 g/mol. The van der Waals surface area contributed by atoms with Crippen molar-refractivity contribution < 1.29 is 27.1 Å². The molecule has 0 spiro atoms. The second-order valence-corrected chi connectivity index (χ2v) is 9.70. The minimum absolute atomic E-state index is 0.168. The van der Waals surface area contributed by atoms with Crippen molar-refractivity contribution in [1.82, 2.24) is 4.72 Å². The number of anilines is 1. The molecule has 0 aliphatic heterocycles. The zero-order valence-corrected chi connectivity index (χ0v) is 17.1. The number of benzene rings is 1. The van der Waals surface area contributed by atoms with Gasteiger partial charge in [-0.3, -0.25) is 0 Å². The van der Waals surface area contributed by atoms with Gasteiger partial charge in [0.1, 0.15) is 5.82 Å². The molecule has 29 heavy (non-hydrogen) atoms. The molecule has 4 rings (SSSR count). The predicted molar refractivity (Wildman–Crippen MR) is 104 cm³/mol. The monoisotopic (exact) mass is 422 g/mol. The van der Waals surface area contributed by atoms with Gasteiger partial charge in [-0.1, -0.05) is 0 Å². The smallest absolute Gasteiger partial charge is 0.333 e. The number of fused-ring (bicyclic) bond motifs is 2. The highest BCUT2D eigenvalue weighted by Gasteiger charge is 2.31. The van der Waals surface area contributed by atoms with Gasteiger partial charge in [0.15, 0.2) is 0 Å². The van der Waals surface area contributed by atoms with Crippen molar-refractivity contribution in [3.05, 3.63) is 46.0 Å². The van der Waals surface area contributed by atoms with Crippen molar-refractivity contribution in [3.63, 3.8) is 0 Å². The van der Waals surface area contributed by atoms with Gasteiger partial charge in [0.25, 0.3) is 10.0 Å². The Balaban J connectivity index is 1.59. The Kier molecular flexibility index (Phi) is 4.70. The van der Waals surface area contributed by atoms with E-state index in [0.717, 1.165) is 30.2 Å². The number of amides is 2. The highest BCUT2D eigenvalue weighted by atomic mass is 32.2. The van der Waals surface area contributed by atoms with E-state index in [-0.39, 0.29) is 11.4 Å². The third-order valence-corrected chi connectivity index (χ3v) is 6.78. The number of hydrogen-bond donors (Lipinski definition) is 3. The maximum atomic E-state index is 14.7. The summed E-state index contributed by atoms with van der Waals surface area (Å²) in [6.45, 7) is 2.98. The summed E-state index contributed by atoms with van der Waals surface area (Å²) in [7, 11) is -4.27. The molecule has 0 atom stereocenters. The molecular formula is C20H23FN2O5S. The van der Waals surface area contributed by atoms with E-state index in [2.05, 4.69) is 5.32 Å². The van der Waals surface area contributed by atoms with Crippen LogP contribution in [0.4, 0.5) is 14.9 Å².